The molecular weight excluding hydrogens is 300 g/mol. The van der Waals surface area contributed by atoms with Crippen LogP contribution in [0.2, 0.25) is 0 Å². The van der Waals surface area contributed by atoms with Crippen molar-refractivity contribution in [2.24, 2.45) is 5.73 Å². The minimum Gasteiger partial charge on any atom is -0.343 e. The van der Waals surface area contributed by atoms with Gasteiger partial charge in [-0.2, -0.15) is 0 Å². The summed E-state index contributed by atoms with van der Waals surface area (Å²) in [5.74, 6) is 0.111. The van der Waals surface area contributed by atoms with Gasteiger partial charge in [0.05, 0.1) is 0 Å². The lowest BCUT2D eigenvalue weighted by atomic mass is 10.0. The molecule has 5 heteroatoms. The van der Waals surface area contributed by atoms with E-state index in [1.807, 2.05) is 29.2 Å². The smallest absolute Gasteiger partial charge is 0.223 e. The predicted molar refractivity (Wildman–Crippen MR) is 90.4 cm³/mol. The number of rotatable bonds is 5. The molecule has 0 aromatic heterocycles. The Morgan fingerprint density at radius 1 is 1.14 bits per heavy atom. The molecule has 0 bridgehead atoms. The van der Waals surface area contributed by atoms with Gasteiger partial charge in [-0.05, 0) is 24.8 Å². The Labute approximate surface area is 138 Å². The van der Waals surface area contributed by atoms with Crippen molar-refractivity contribution in [2.45, 2.75) is 45.1 Å². The number of carbonyl (C=O) groups is 2. The highest BCUT2D eigenvalue weighted by Crippen LogP contribution is 2.13. The minimum absolute atomic E-state index is 0. The summed E-state index contributed by atoms with van der Waals surface area (Å²) in [6, 6.07) is 7.87. The van der Waals surface area contributed by atoms with E-state index in [9.17, 15) is 9.59 Å². The van der Waals surface area contributed by atoms with E-state index in [1.54, 1.807) is 0 Å². The van der Waals surface area contributed by atoms with Gasteiger partial charge in [-0.1, -0.05) is 31.2 Å². The van der Waals surface area contributed by atoms with E-state index in [2.05, 4.69) is 6.92 Å². The van der Waals surface area contributed by atoms with E-state index in [-0.39, 0.29) is 36.6 Å². The summed E-state index contributed by atoms with van der Waals surface area (Å²) in [7, 11) is 0. The third-order valence-corrected chi connectivity index (χ3v) is 4.14. The van der Waals surface area contributed by atoms with Crippen LogP contribution in [0.1, 0.15) is 48.5 Å². The van der Waals surface area contributed by atoms with Crippen molar-refractivity contribution in [2.75, 3.05) is 13.1 Å². The van der Waals surface area contributed by atoms with Crippen LogP contribution in [-0.4, -0.2) is 35.7 Å². The summed E-state index contributed by atoms with van der Waals surface area (Å²) in [6.07, 6.45) is 3.26. The maximum atomic E-state index is 12.1. The molecule has 1 fully saturated rings. The normalized spacial score (nSPS) is 15.3. The van der Waals surface area contributed by atoms with Gasteiger partial charge in [0, 0.05) is 37.5 Å². The molecule has 2 N–H and O–H groups in total. The molecule has 0 saturated carbocycles. The Bertz CT molecular complexity index is 494. The highest BCUT2D eigenvalue weighted by molar-refractivity contribution is 5.98. The van der Waals surface area contributed by atoms with Gasteiger partial charge in [-0.15, -0.1) is 12.4 Å². The second-order valence-corrected chi connectivity index (χ2v) is 5.69. The summed E-state index contributed by atoms with van der Waals surface area (Å²) in [5.41, 5.74) is 7.74. The topological polar surface area (TPSA) is 63.4 Å². The van der Waals surface area contributed by atoms with Crippen molar-refractivity contribution >= 4 is 24.1 Å². The van der Waals surface area contributed by atoms with Crippen LogP contribution >= 0.6 is 12.4 Å². The number of nitrogens with zero attached hydrogens (tertiary/aromatic N) is 1. The van der Waals surface area contributed by atoms with Crippen molar-refractivity contribution in [3.63, 3.8) is 0 Å². The first-order chi connectivity index (χ1) is 10.1. The number of likely N-dealkylation sites (tertiary alicyclic amines) is 1. The van der Waals surface area contributed by atoms with E-state index in [4.69, 9.17) is 5.73 Å². The highest BCUT2D eigenvalue weighted by atomic mass is 35.5. The average Bonchev–Trinajstić information content (AvgIpc) is 2.53. The number of aryl methyl sites for hydroxylation is 1. The van der Waals surface area contributed by atoms with Crippen LogP contribution < -0.4 is 5.73 Å². The molecule has 122 valence electrons. The molecule has 2 rings (SSSR count). The first-order valence-electron chi connectivity index (χ1n) is 7.75. The fraction of sp³-hybridized carbons (Fsp3) is 0.529. The summed E-state index contributed by atoms with van der Waals surface area (Å²) < 4.78 is 0. The average molecular weight is 325 g/mol. The van der Waals surface area contributed by atoms with Crippen LogP contribution in [0.4, 0.5) is 0 Å². The number of Topliss-reactive ketones (excluding diaryl/α,β-unsaturated/α-hetero) is 1. The lowest BCUT2D eigenvalue weighted by Crippen LogP contribution is -2.42. The third kappa shape index (κ3) is 5.11. The summed E-state index contributed by atoms with van der Waals surface area (Å²) in [5, 5.41) is 0. The molecule has 1 aliphatic heterocycles. The monoisotopic (exact) mass is 324 g/mol. The molecule has 1 aromatic rings. The molecule has 1 amide bonds. The number of hydrogen-bond acceptors (Lipinski definition) is 3. The largest absolute Gasteiger partial charge is 0.343 e. The van der Waals surface area contributed by atoms with Crippen molar-refractivity contribution in [1.82, 2.24) is 4.90 Å². The Kier molecular flexibility index (Phi) is 7.56. The number of piperidine rings is 1. The van der Waals surface area contributed by atoms with E-state index >= 15 is 0 Å². The van der Waals surface area contributed by atoms with Crippen LogP contribution in [0, 0.1) is 0 Å². The van der Waals surface area contributed by atoms with Crippen LogP contribution in [-0.2, 0) is 11.2 Å². The Balaban J connectivity index is 0.00000242. The van der Waals surface area contributed by atoms with Crippen molar-refractivity contribution < 1.29 is 9.59 Å². The van der Waals surface area contributed by atoms with Gasteiger partial charge in [0.15, 0.2) is 5.78 Å². The minimum atomic E-state index is 0. The van der Waals surface area contributed by atoms with Gasteiger partial charge >= 0.3 is 0 Å². The number of halogens is 1. The standard InChI is InChI=1S/C17H24N2O2.ClH/c1-2-13-3-5-14(6-4-13)16(20)7-8-17(21)19-11-9-15(18)10-12-19;/h3-6,15H,2,7-12,18H2,1H3;1H. The SMILES string of the molecule is CCc1ccc(C(=O)CCC(=O)N2CCC(N)CC2)cc1.Cl. The van der Waals surface area contributed by atoms with E-state index in [0.717, 1.165) is 32.4 Å². The number of benzene rings is 1. The lowest BCUT2D eigenvalue weighted by molar-refractivity contribution is -0.132. The number of hydrogen-bond donors (Lipinski definition) is 1. The van der Waals surface area contributed by atoms with Gasteiger partial charge in [0.1, 0.15) is 0 Å². The summed E-state index contributed by atoms with van der Waals surface area (Å²) in [4.78, 5) is 26.0. The molecular formula is C17H25ClN2O2. The molecule has 0 radical (unpaired) electrons. The first-order valence-corrected chi connectivity index (χ1v) is 7.75. The fourth-order valence-electron chi connectivity index (χ4n) is 2.60. The maximum absolute atomic E-state index is 12.1. The van der Waals surface area contributed by atoms with Crippen LogP contribution in [0.3, 0.4) is 0 Å². The molecule has 0 unspecified atom stereocenters. The van der Waals surface area contributed by atoms with Crippen LogP contribution in [0.15, 0.2) is 24.3 Å². The lowest BCUT2D eigenvalue weighted by Gasteiger charge is -2.30. The Morgan fingerprint density at radius 3 is 2.27 bits per heavy atom. The second-order valence-electron chi connectivity index (χ2n) is 5.69. The van der Waals surface area contributed by atoms with E-state index in [0.29, 0.717) is 12.0 Å². The van der Waals surface area contributed by atoms with Crippen LogP contribution in [0.25, 0.3) is 0 Å². The molecule has 1 aliphatic rings. The van der Waals surface area contributed by atoms with E-state index in [1.165, 1.54) is 5.56 Å². The predicted octanol–water partition coefficient (Wildman–Crippen LogP) is 2.58. The zero-order valence-corrected chi connectivity index (χ0v) is 13.9. The van der Waals surface area contributed by atoms with Gasteiger partial charge in [0.2, 0.25) is 5.91 Å². The van der Waals surface area contributed by atoms with Crippen molar-refractivity contribution in [1.29, 1.82) is 0 Å². The Hall–Kier alpha value is -1.39. The molecule has 1 saturated heterocycles. The highest BCUT2D eigenvalue weighted by Gasteiger charge is 2.21. The van der Waals surface area contributed by atoms with Crippen molar-refractivity contribution in [3.8, 4) is 0 Å². The molecule has 0 spiro atoms. The summed E-state index contributed by atoms with van der Waals surface area (Å²) in [6.45, 7) is 3.53. The zero-order chi connectivity index (χ0) is 15.2. The number of carbonyl (C=O) groups excluding carboxylic acids is 2. The summed E-state index contributed by atoms with van der Waals surface area (Å²) >= 11 is 0. The fourth-order valence-corrected chi connectivity index (χ4v) is 2.60. The Morgan fingerprint density at radius 2 is 1.73 bits per heavy atom. The van der Waals surface area contributed by atoms with Gasteiger partial charge in [-0.3, -0.25) is 9.59 Å². The maximum Gasteiger partial charge on any atom is 0.223 e. The van der Waals surface area contributed by atoms with Gasteiger partial charge in [0.25, 0.3) is 0 Å². The molecule has 22 heavy (non-hydrogen) atoms. The second kappa shape index (κ2) is 8.91. The van der Waals surface area contributed by atoms with Crippen molar-refractivity contribution in [3.05, 3.63) is 35.4 Å². The first kappa shape index (κ1) is 18.7. The molecule has 0 atom stereocenters. The number of nitrogens with two attached hydrogens (primary N) is 1. The molecule has 4 nitrogen and oxygen atoms in total. The number of ketones is 1. The zero-order valence-electron chi connectivity index (χ0n) is 13.1. The van der Waals surface area contributed by atoms with E-state index < -0.39 is 0 Å². The number of amides is 1. The molecule has 1 heterocycles. The molecule has 0 aliphatic carbocycles. The van der Waals surface area contributed by atoms with Gasteiger partial charge in [-0.25, -0.2) is 0 Å². The quantitative estimate of drug-likeness (QED) is 0.847. The third-order valence-electron chi connectivity index (χ3n) is 4.14. The molecule has 1 aromatic carbocycles. The van der Waals surface area contributed by atoms with Crippen LogP contribution in [0.5, 0.6) is 0 Å². The van der Waals surface area contributed by atoms with Gasteiger partial charge < -0.3 is 10.6 Å².